The summed E-state index contributed by atoms with van der Waals surface area (Å²) in [5.41, 5.74) is 0. The summed E-state index contributed by atoms with van der Waals surface area (Å²) < 4.78 is 0. The number of hydrogen-bond donors (Lipinski definition) is 1. The van der Waals surface area contributed by atoms with E-state index >= 15 is 0 Å². The number of aromatic nitrogens is 2. The van der Waals surface area contributed by atoms with Crippen LogP contribution in [0.5, 0.6) is 0 Å². The third-order valence-corrected chi connectivity index (χ3v) is 4.58. The molecule has 0 radical (unpaired) electrons. The van der Waals surface area contributed by atoms with Gasteiger partial charge in [0, 0.05) is 18.8 Å². The topological polar surface area (TPSA) is 41.1 Å². The van der Waals surface area contributed by atoms with Gasteiger partial charge in [0.05, 0.1) is 6.54 Å². The van der Waals surface area contributed by atoms with E-state index < -0.39 is 0 Å². The zero-order valence-corrected chi connectivity index (χ0v) is 11.9. The van der Waals surface area contributed by atoms with Crippen LogP contribution in [-0.2, 0) is 6.54 Å². The summed E-state index contributed by atoms with van der Waals surface area (Å²) in [6.45, 7) is 6.48. The molecule has 0 amide bonds. The van der Waals surface area contributed by atoms with Crippen molar-refractivity contribution in [2.45, 2.75) is 26.3 Å². The van der Waals surface area contributed by atoms with Gasteiger partial charge in [-0.25, -0.2) is 0 Å². The van der Waals surface area contributed by atoms with E-state index in [0.717, 1.165) is 29.6 Å². The van der Waals surface area contributed by atoms with E-state index in [0.29, 0.717) is 0 Å². The number of nitrogens with one attached hydrogen (secondary N) is 1. The van der Waals surface area contributed by atoms with E-state index in [9.17, 15) is 0 Å². The Balaban J connectivity index is 1.82. The van der Waals surface area contributed by atoms with Crippen molar-refractivity contribution in [3.05, 3.63) is 5.01 Å². The van der Waals surface area contributed by atoms with E-state index in [4.69, 9.17) is 0 Å². The minimum Gasteiger partial charge on any atom is -0.360 e. The second kappa shape index (κ2) is 7.18. The second-order valence-corrected chi connectivity index (χ2v) is 6.46. The van der Waals surface area contributed by atoms with E-state index in [2.05, 4.69) is 39.1 Å². The van der Waals surface area contributed by atoms with Crippen LogP contribution in [-0.4, -0.2) is 46.2 Å². The van der Waals surface area contributed by atoms with Crippen LogP contribution in [0, 0.1) is 0 Å². The molecule has 0 bridgehead atoms. The highest BCUT2D eigenvalue weighted by Crippen LogP contribution is 2.18. The first kappa shape index (κ1) is 13.1. The molecule has 1 fully saturated rings. The Bertz CT molecular complexity index is 321. The van der Waals surface area contributed by atoms with Gasteiger partial charge in [0.2, 0.25) is 5.13 Å². The third-order valence-electron chi connectivity index (χ3n) is 2.67. The van der Waals surface area contributed by atoms with Gasteiger partial charge in [0.15, 0.2) is 0 Å². The predicted octanol–water partition coefficient (Wildman–Crippen LogP) is 2.30. The van der Waals surface area contributed by atoms with Gasteiger partial charge in [-0.2, -0.15) is 11.8 Å². The second-order valence-electron chi connectivity index (χ2n) is 4.17. The molecule has 0 aliphatic carbocycles. The fraction of sp³-hybridized carbons (Fsp3) is 0.818. The van der Waals surface area contributed by atoms with Gasteiger partial charge in [-0.15, -0.1) is 10.2 Å². The maximum absolute atomic E-state index is 4.25. The summed E-state index contributed by atoms with van der Waals surface area (Å²) in [4.78, 5) is 2.49. The lowest BCUT2D eigenvalue weighted by Gasteiger charge is -2.16. The summed E-state index contributed by atoms with van der Waals surface area (Å²) in [6.07, 6.45) is 2.42. The van der Waals surface area contributed by atoms with E-state index in [-0.39, 0.29) is 0 Å². The lowest BCUT2D eigenvalue weighted by molar-refractivity contribution is 0.286. The normalized spacial score (nSPS) is 17.9. The van der Waals surface area contributed by atoms with Gasteiger partial charge in [-0.05, 0) is 25.1 Å². The van der Waals surface area contributed by atoms with Gasteiger partial charge in [-0.3, -0.25) is 4.90 Å². The van der Waals surface area contributed by atoms with Crippen molar-refractivity contribution in [1.29, 1.82) is 0 Å². The van der Waals surface area contributed by atoms with Crippen molar-refractivity contribution in [2.24, 2.45) is 0 Å². The van der Waals surface area contributed by atoms with Gasteiger partial charge in [0.1, 0.15) is 5.01 Å². The Morgan fingerprint density at radius 2 is 2.24 bits per heavy atom. The maximum Gasteiger partial charge on any atom is 0.205 e. The smallest absolute Gasteiger partial charge is 0.205 e. The summed E-state index contributed by atoms with van der Waals surface area (Å²) >= 11 is 3.75. The summed E-state index contributed by atoms with van der Waals surface area (Å²) in [5.74, 6) is 2.55. The number of thioether (sulfide) groups is 1. The lowest BCUT2D eigenvalue weighted by atomic mass is 10.4. The lowest BCUT2D eigenvalue weighted by Crippen LogP contribution is -2.25. The van der Waals surface area contributed by atoms with Crippen molar-refractivity contribution < 1.29 is 0 Å². The van der Waals surface area contributed by atoms with Gasteiger partial charge in [0.25, 0.3) is 0 Å². The highest BCUT2D eigenvalue weighted by atomic mass is 32.2. The summed E-state index contributed by atoms with van der Waals surface area (Å²) in [5, 5.41) is 13.8. The molecule has 0 aromatic carbocycles. The number of rotatable bonds is 5. The van der Waals surface area contributed by atoms with Crippen LogP contribution in [0.2, 0.25) is 0 Å². The summed E-state index contributed by atoms with van der Waals surface area (Å²) in [6, 6.07) is 0. The molecule has 0 spiro atoms. The van der Waals surface area contributed by atoms with Crippen molar-refractivity contribution >= 4 is 28.2 Å². The molecule has 0 saturated carbocycles. The van der Waals surface area contributed by atoms with Crippen molar-refractivity contribution in [3.8, 4) is 0 Å². The Labute approximate surface area is 111 Å². The molecular weight excluding hydrogens is 252 g/mol. The van der Waals surface area contributed by atoms with E-state index in [1.165, 1.54) is 31.0 Å². The molecule has 2 heterocycles. The highest BCUT2D eigenvalue weighted by Gasteiger charge is 2.12. The van der Waals surface area contributed by atoms with Crippen LogP contribution in [0.1, 0.15) is 24.8 Å². The molecule has 0 unspecified atom stereocenters. The van der Waals surface area contributed by atoms with Crippen molar-refractivity contribution in [3.63, 3.8) is 0 Å². The molecule has 1 aromatic heterocycles. The number of hydrogen-bond acceptors (Lipinski definition) is 6. The first-order chi connectivity index (χ1) is 8.38. The first-order valence-electron chi connectivity index (χ1n) is 6.25. The van der Waals surface area contributed by atoms with E-state index in [1.807, 2.05) is 0 Å². The molecule has 4 nitrogen and oxygen atoms in total. The average Bonchev–Trinajstić information content (AvgIpc) is 2.61. The van der Waals surface area contributed by atoms with Gasteiger partial charge >= 0.3 is 0 Å². The predicted molar refractivity (Wildman–Crippen MR) is 75.9 cm³/mol. The molecular formula is C11H20N4S2. The average molecular weight is 272 g/mol. The standard InChI is InChI=1S/C11H20N4S2/c1-2-4-12-11-14-13-10(17-11)9-15-5-3-7-16-8-6-15/h2-9H2,1H3,(H,12,14). The SMILES string of the molecule is CCCNc1nnc(CN2CCCSCC2)s1. The first-order valence-corrected chi connectivity index (χ1v) is 8.22. The molecule has 0 atom stereocenters. The zero-order chi connectivity index (χ0) is 11.9. The molecule has 6 heteroatoms. The van der Waals surface area contributed by atoms with Crippen LogP contribution >= 0.6 is 23.1 Å². The molecule has 1 aliphatic rings. The Hall–Kier alpha value is -0.330. The van der Waals surface area contributed by atoms with Crippen LogP contribution in [0.3, 0.4) is 0 Å². The van der Waals surface area contributed by atoms with Crippen LogP contribution in [0.4, 0.5) is 5.13 Å². The fourth-order valence-electron chi connectivity index (χ4n) is 1.77. The number of anilines is 1. The highest BCUT2D eigenvalue weighted by molar-refractivity contribution is 7.99. The van der Waals surface area contributed by atoms with Crippen molar-refractivity contribution in [2.75, 3.05) is 36.5 Å². The Kier molecular flexibility index (Phi) is 5.54. The summed E-state index contributed by atoms with van der Waals surface area (Å²) in [7, 11) is 0. The third kappa shape index (κ3) is 4.44. The molecule has 1 saturated heterocycles. The molecule has 96 valence electrons. The molecule has 1 N–H and O–H groups in total. The fourth-order valence-corrected chi connectivity index (χ4v) is 3.50. The Morgan fingerprint density at radius 1 is 1.29 bits per heavy atom. The number of nitrogens with zero attached hydrogens (tertiary/aromatic N) is 3. The zero-order valence-electron chi connectivity index (χ0n) is 10.3. The van der Waals surface area contributed by atoms with Gasteiger partial charge < -0.3 is 5.32 Å². The quantitative estimate of drug-likeness (QED) is 0.891. The molecule has 1 aliphatic heterocycles. The monoisotopic (exact) mass is 272 g/mol. The minimum absolute atomic E-state index is 0.964. The maximum atomic E-state index is 4.25. The minimum atomic E-state index is 0.964. The van der Waals surface area contributed by atoms with E-state index in [1.54, 1.807) is 11.3 Å². The van der Waals surface area contributed by atoms with Crippen LogP contribution in [0.25, 0.3) is 0 Å². The van der Waals surface area contributed by atoms with Gasteiger partial charge in [-0.1, -0.05) is 18.3 Å². The molecule has 1 aromatic rings. The molecule has 2 rings (SSSR count). The van der Waals surface area contributed by atoms with Crippen LogP contribution < -0.4 is 5.32 Å². The molecule has 17 heavy (non-hydrogen) atoms. The largest absolute Gasteiger partial charge is 0.360 e. The van der Waals surface area contributed by atoms with Crippen LogP contribution in [0.15, 0.2) is 0 Å². The van der Waals surface area contributed by atoms with Crippen molar-refractivity contribution in [1.82, 2.24) is 15.1 Å². The Morgan fingerprint density at radius 3 is 3.12 bits per heavy atom.